The van der Waals surface area contributed by atoms with E-state index < -0.39 is 21.7 Å². The van der Waals surface area contributed by atoms with E-state index in [-0.39, 0.29) is 16.1 Å². The molecule has 0 bridgehead atoms. The van der Waals surface area contributed by atoms with Crippen molar-refractivity contribution in [2.75, 3.05) is 17.1 Å². The van der Waals surface area contributed by atoms with E-state index in [1.165, 1.54) is 35.6 Å². The van der Waals surface area contributed by atoms with E-state index in [0.717, 1.165) is 29.0 Å². The summed E-state index contributed by atoms with van der Waals surface area (Å²) in [4.78, 5) is 17.1. The second-order valence-electron chi connectivity index (χ2n) is 7.32. The minimum atomic E-state index is -3.93. The molecule has 34 heavy (non-hydrogen) atoms. The average Bonchev–Trinajstić information content (AvgIpc) is 3.27. The van der Waals surface area contributed by atoms with Gasteiger partial charge in [0.2, 0.25) is 0 Å². The topological polar surface area (TPSA) is 97.4 Å². The Labute approximate surface area is 200 Å². The zero-order valence-electron chi connectivity index (χ0n) is 18.2. The molecular weight excluding hydrogens is 477 g/mol. The standard InChI is InChI=1S/C24H20FN3O4S2/c1-15-12-16(6-11-22(15)32-2)21-14-33-24(26-21)27-23(29)17-4-3-5-19(13-17)28-34(30,31)20-9-7-18(25)8-10-20/h3-14,28H,1-2H3,(H,26,27,29). The summed E-state index contributed by atoms with van der Waals surface area (Å²) in [5, 5.41) is 4.98. The number of ether oxygens (including phenoxy) is 1. The van der Waals surface area contributed by atoms with Gasteiger partial charge >= 0.3 is 0 Å². The van der Waals surface area contributed by atoms with Gasteiger partial charge in [0, 0.05) is 22.2 Å². The maximum Gasteiger partial charge on any atom is 0.261 e. The zero-order chi connectivity index (χ0) is 24.3. The molecule has 0 saturated heterocycles. The quantitative estimate of drug-likeness (QED) is 0.360. The van der Waals surface area contributed by atoms with Crippen LogP contribution in [0.1, 0.15) is 15.9 Å². The number of carbonyl (C=O) groups is 1. The van der Waals surface area contributed by atoms with Crippen molar-refractivity contribution in [1.82, 2.24) is 4.98 Å². The van der Waals surface area contributed by atoms with Crippen molar-refractivity contribution < 1.29 is 22.3 Å². The molecule has 1 aromatic heterocycles. The lowest BCUT2D eigenvalue weighted by Crippen LogP contribution is -2.15. The number of nitrogens with zero attached hydrogens (tertiary/aromatic N) is 1. The van der Waals surface area contributed by atoms with Gasteiger partial charge in [0.05, 0.1) is 17.7 Å². The first-order chi connectivity index (χ1) is 16.2. The molecule has 0 radical (unpaired) electrons. The van der Waals surface area contributed by atoms with E-state index in [1.807, 2.05) is 30.5 Å². The summed E-state index contributed by atoms with van der Waals surface area (Å²) < 4.78 is 45.9. The molecule has 2 N–H and O–H groups in total. The summed E-state index contributed by atoms with van der Waals surface area (Å²) in [7, 11) is -2.32. The molecular formula is C24H20FN3O4S2. The van der Waals surface area contributed by atoms with Crippen molar-refractivity contribution in [2.45, 2.75) is 11.8 Å². The highest BCUT2D eigenvalue weighted by molar-refractivity contribution is 7.92. The van der Waals surface area contributed by atoms with Gasteiger partial charge in [-0.05, 0) is 73.2 Å². The van der Waals surface area contributed by atoms with Crippen LogP contribution >= 0.6 is 11.3 Å². The zero-order valence-corrected chi connectivity index (χ0v) is 19.8. The Balaban J connectivity index is 1.48. The summed E-state index contributed by atoms with van der Waals surface area (Å²) in [5.41, 5.74) is 3.03. The maximum atomic E-state index is 13.1. The number of halogens is 1. The number of carbonyl (C=O) groups excluding carboxylic acids is 1. The van der Waals surface area contributed by atoms with Crippen LogP contribution in [-0.2, 0) is 10.0 Å². The van der Waals surface area contributed by atoms with Crippen LogP contribution in [0.15, 0.2) is 77.0 Å². The van der Waals surface area contributed by atoms with Gasteiger partial charge in [-0.3, -0.25) is 14.8 Å². The molecule has 1 amide bonds. The fraction of sp³-hybridized carbons (Fsp3) is 0.0833. The van der Waals surface area contributed by atoms with Crippen molar-refractivity contribution >= 4 is 38.1 Å². The van der Waals surface area contributed by atoms with Crippen LogP contribution in [0.25, 0.3) is 11.3 Å². The monoisotopic (exact) mass is 497 g/mol. The molecule has 0 aliphatic heterocycles. The van der Waals surface area contributed by atoms with E-state index in [2.05, 4.69) is 15.0 Å². The smallest absolute Gasteiger partial charge is 0.261 e. The molecule has 4 rings (SSSR count). The molecule has 0 aliphatic carbocycles. The lowest BCUT2D eigenvalue weighted by Gasteiger charge is -2.09. The summed E-state index contributed by atoms with van der Waals surface area (Å²) in [6, 6.07) is 16.2. The molecule has 3 aromatic carbocycles. The highest BCUT2D eigenvalue weighted by atomic mass is 32.2. The lowest BCUT2D eigenvalue weighted by atomic mass is 10.1. The van der Waals surface area contributed by atoms with Crippen LogP contribution in [0.5, 0.6) is 5.75 Å². The van der Waals surface area contributed by atoms with Crippen molar-refractivity contribution in [3.63, 3.8) is 0 Å². The molecule has 4 aromatic rings. The van der Waals surface area contributed by atoms with Gasteiger partial charge in [-0.15, -0.1) is 11.3 Å². The highest BCUT2D eigenvalue weighted by Gasteiger charge is 2.16. The number of nitrogens with one attached hydrogen (secondary N) is 2. The Morgan fingerprint density at radius 1 is 1.06 bits per heavy atom. The summed E-state index contributed by atoms with van der Waals surface area (Å²) >= 11 is 1.28. The highest BCUT2D eigenvalue weighted by Crippen LogP contribution is 2.29. The Morgan fingerprint density at radius 2 is 1.82 bits per heavy atom. The molecule has 174 valence electrons. The second kappa shape index (κ2) is 9.62. The third kappa shape index (κ3) is 5.24. The van der Waals surface area contributed by atoms with E-state index in [9.17, 15) is 17.6 Å². The maximum absolute atomic E-state index is 13.1. The number of thiazole rings is 1. The van der Waals surface area contributed by atoms with Gasteiger partial charge in [0.15, 0.2) is 5.13 Å². The number of hydrogen-bond donors (Lipinski definition) is 2. The fourth-order valence-electron chi connectivity index (χ4n) is 3.22. The lowest BCUT2D eigenvalue weighted by molar-refractivity contribution is 0.102. The normalized spacial score (nSPS) is 11.1. The van der Waals surface area contributed by atoms with Gasteiger partial charge in [-0.1, -0.05) is 6.07 Å². The number of anilines is 2. The average molecular weight is 498 g/mol. The van der Waals surface area contributed by atoms with Crippen molar-refractivity contribution in [3.8, 4) is 17.0 Å². The van der Waals surface area contributed by atoms with Gasteiger partial charge in [0.25, 0.3) is 15.9 Å². The predicted molar refractivity (Wildman–Crippen MR) is 130 cm³/mol. The Morgan fingerprint density at radius 3 is 2.53 bits per heavy atom. The molecule has 0 fully saturated rings. The molecule has 0 unspecified atom stereocenters. The number of methoxy groups -OCH3 is 1. The molecule has 1 heterocycles. The first kappa shape index (κ1) is 23.4. The molecule has 0 saturated carbocycles. The first-order valence-corrected chi connectivity index (χ1v) is 12.4. The van der Waals surface area contributed by atoms with Crippen LogP contribution in [0.4, 0.5) is 15.2 Å². The number of amides is 1. The largest absolute Gasteiger partial charge is 0.496 e. The number of sulfonamides is 1. The Bertz CT molecular complexity index is 1450. The molecule has 0 atom stereocenters. The van der Waals surface area contributed by atoms with Crippen molar-refractivity contribution in [1.29, 1.82) is 0 Å². The molecule has 10 heteroatoms. The van der Waals surface area contributed by atoms with E-state index in [4.69, 9.17) is 4.74 Å². The fourth-order valence-corrected chi connectivity index (χ4v) is 4.99. The van der Waals surface area contributed by atoms with Gasteiger partial charge in [-0.25, -0.2) is 17.8 Å². The number of hydrogen-bond acceptors (Lipinski definition) is 6. The van der Waals surface area contributed by atoms with E-state index >= 15 is 0 Å². The second-order valence-corrected chi connectivity index (χ2v) is 9.86. The Kier molecular flexibility index (Phi) is 6.62. The van der Waals surface area contributed by atoms with Crippen molar-refractivity contribution in [2.24, 2.45) is 0 Å². The number of aromatic nitrogens is 1. The third-order valence-corrected chi connectivity index (χ3v) is 7.07. The summed E-state index contributed by atoms with van der Waals surface area (Å²) in [6.45, 7) is 1.94. The predicted octanol–water partition coefficient (Wildman–Crippen LogP) is 5.32. The van der Waals surface area contributed by atoms with Crippen LogP contribution < -0.4 is 14.8 Å². The minimum Gasteiger partial charge on any atom is -0.496 e. The van der Waals surface area contributed by atoms with Crippen LogP contribution in [-0.4, -0.2) is 26.4 Å². The third-order valence-electron chi connectivity index (χ3n) is 4.92. The van der Waals surface area contributed by atoms with Gasteiger partial charge < -0.3 is 4.74 Å². The number of benzene rings is 3. The number of rotatable bonds is 7. The van der Waals surface area contributed by atoms with Gasteiger partial charge in [0.1, 0.15) is 11.6 Å². The van der Waals surface area contributed by atoms with Crippen molar-refractivity contribution in [3.05, 3.63) is 89.1 Å². The van der Waals surface area contributed by atoms with Crippen LogP contribution in [0, 0.1) is 12.7 Å². The van der Waals surface area contributed by atoms with Gasteiger partial charge in [-0.2, -0.15) is 0 Å². The summed E-state index contributed by atoms with van der Waals surface area (Å²) in [6.07, 6.45) is 0. The molecule has 0 aliphatic rings. The molecule has 7 nitrogen and oxygen atoms in total. The summed E-state index contributed by atoms with van der Waals surface area (Å²) in [5.74, 6) is -0.192. The SMILES string of the molecule is COc1ccc(-c2csc(NC(=O)c3cccc(NS(=O)(=O)c4ccc(F)cc4)c3)n2)cc1C. The van der Waals surface area contributed by atoms with E-state index in [0.29, 0.717) is 10.8 Å². The number of aryl methyl sites for hydroxylation is 1. The molecule has 0 spiro atoms. The van der Waals surface area contributed by atoms with E-state index in [1.54, 1.807) is 19.2 Å². The Hall–Kier alpha value is -3.76. The van der Waals surface area contributed by atoms with Crippen LogP contribution in [0.3, 0.4) is 0 Å². The minimum absolute atomic E-state index is 0.0900. The first-order valence-electron chi connectivity index (χ1n) is 10.1. The van der Waals surface area contributed by atoms with Crippen LogP contribution in [0.2, 0.25) is 0 Å².